The van der Waals surface area contributed by atoms with E-state index in [-0.39, 0.29) is 6.67 Å². The minimum Gasteiger partial charge on any atom is -0.319 e. The number of imide groups is 1. The lowest BCUT2D eigenvalue weighted by Gasteiger charge is -2.24. The van der Waals surface area contributed by atoms with Crippen LogP contribution in [0.25, 0.3) is 21.7 Å². The second kappa shape index (κ2) is 6.48. The molecule has 3 amide bonds. The molecule has 1 aliphatic heterocycles. The van der Waals surface area contributed by atoms with Crippen molar-refractivity contribution in [1.29, 1.82) is 0 Å². The molecule has 1 N–H and O–H groups in total. The van der Waals surface area contributed by atoms with Crippen LogP contribution in [0.3, 0.4) is 0 Å². The zero-order valence-corrected chi connectivity index (χ0v) is 16.1. The number of nitrogens with one attached hydrogen (secondary N) is 1. The molecule has 0 spiro atoms. The molecule has 0 aliphatic carbocycles. The van der Waals surface area contributed by atoms with Gasteiger partial charge in [-0.3, -0.25) is 9.59 Å². The quantitative estimate of drug-likeness (QED) is 0.534. The average Bonchev–Trinajstić information content (AvgIpc) is 2.99. The second-order valence-corrected chi connectivity index (χ2v) is 7.37. The van der Waals surface area contributed by atoms with Gasteiger partial charge < -0.3 is 5.32 Å². The lowest BCUT2D eigenvalue weighted by atomic mass is 9.88. The topological polar surface area (TPSA) is 97.2 Å². The Balaban J connectivity index is 1.55. The first-order valence-electron chi connectivity index (χ1n) is 9.44. The van der Waals surface area contributed by atoms with E-state index in [4.69, 9.17) is 0 Å². The molecule has 4 aromatic rings. The van der Waals surface area contributed by atoms with Crippen molar-refractivity contribution in [2.24, 2.45) is 0 Å². The molecular formula is C22H17N5O3. The highest BCUT2D eigenvalue weighted by Crippen LogP contribution is 2.33. The Bertz CT molecular complexity index is 1390. The van der Waals surface area contributed by atoms with Crippen LogP contribution in [-0.2, 0) is 17.0 Å². The molecule has 1 saturated heterocycles. The van der Waals surface area contributed by atoms with Gasteiger partial charge in [0.05, 0.1) is 5.39 Å². The SMILES string of the molecule is CC1(c2cccc3ccccc23)NC(=O)N(Cn2nnc3ccccc3c2=O)C1=O. The fourth-order valence-corrected chi connectivity index (χ4v) is 3.92. The van der Waals surface area contributed by atoms with Gasteiger partial charge in [-0.25, -0.2) is 9.69 Å². The molecule has 30 heavy (non-hydrogen) atoms. The molecule has 8 heteroatoms. The van der Waals surface area contributed by atoms with Crippen LogP contribution < -0.4 is 10.9 Å². The van der Waals surface area contributed by atoms with Crippen molar-refractivity contribution >= 4 is 33.6 Å². The predicted octanol–water partition coefficient (Wildman–Crippen LogP) is 2.37. The predicted molar refractivity (Wildman–Crippen MR) is 110 cm³/mol. The lowest BCUT2D eigenvalue weighted by molar-refractivity contribution is -0.132. The van der Waals surface area contributed by atoms with E-state index in [1.807, 2.05) is 42.5 Å². The Morgan fingerprint density at radius 2 is 1.60 bits per heavy atom. The van der Waals surface area contributed by atoms with E-state index in [0.717, 1.165) is 20.4 Å². The maximum Gasteiger partial charge on any atom is 0.326 e. The van der Waals surface area contributed by atoms with E-state index in [9.17, 15) is 14.4 Å². The van der Waals surface area contributed by atoms with Gasteiger partial charge in [-0.05, 0) is 35.4 Å². The maximum atomic E-state index is 13.3. The fraction of sp³-hybridized carbons (Fsp3) is 0.136. The first kappa shape index (κ1) is 18.0. The Kier molecular flexibility index (Phi) is 3.89. The highest BCUT2D eigenvalue weighted by molar-refractivity contribution is 6.09. The number of carbonyl (C=O) groups excluding carboxylic acids is 2. The zero-order valence-electron chi connectivity index (χ0n) is 16.1. The van der Waals surface area contributed by atoms with Crippen molar-refractivity contribution in [2.75, 3.05) is 0 Å². The molecule has 1 aliphatic rings. The molecule has 0 bridgehead atoms. The highest BCUT2D eigenvalue weighted by atomic mass is 16.2. The number of rotatable bonds is 3. The third-order valence-corrected chi connectivity index (χ3v) is 5.51. The van der Waals surface area contributed by atoms with Gasteiger partial charge in [0.2, 0.25) is 0 Å². The molecule has 1 unspecified atom stereocenters. The summed E-state index contributed by atoms with van der Waals surface area (Å²) in [6.45, 7) is 1.35. The van der Waals surface area contributed by atoms with Crippen LogP contribution in [0.5, 0.6) is 0 Å². The molecule has 148 valence electrons. The molecule has 1 aromatic heterocycles. The summed E-state index contributed by atoms with van der Waals surface area (Å²) in [5.74, 6) is -0.453. The van der Waals surface area contributed by atoms with Crippen molar-refractivity contribution in [3.8, 4) is 0 Å². The Morgan fingerprint density at radius 3 is 2.43 bits per heavy atom. The van der Waals surface area contributed by atoms with Crippen LogP contribution in [0.15, 0.2) is 71.5 Å². The standard InChI is InChI=1S/C22H17N5O3/c1-22(17-11-6-8-14-7-2-3-9-15(14)17)20(29)26(21(30)23-22)13-27-19(28)16-10-4-5-12-18(16)24-25-27/h2-12H,13H2,1H3,(H,23,30). The summed E-state index contributed by atoms with van der Waals surface area (Å²) < 4.78 is 1.02. The van der Waals surface area contributed by atoms with Crippen molar-refractivity contribution in [3.05, 3.63) is 82.6 Å². The number of nitrogens with zero attached hydrogens (tertiary/aromatic N) is 4. The Hall–Kier alpha value is -4.07. The number of aromatic nitrogens is 3. The number of amides is 3. The maximum absolute atomic E-state index is 13.3. The Morgan fingerprint density at radius 1 is 0.900 bits per heavy atom. The molecule has 3 aromatic carbocycles. The van der Waals surface area contributed by atoms with Crippen LogP contribution in [0, 0.1) is 0 Å². The summed E-state index contributed by atoms with van der Waals surface area (Å²) in [6.07, 6.45) is 0. The van der Waals surface area contributed by atoms with Crippen LogP contribution in [0.4, 0.5) is 4.79 Å². The molecule has 1 fully saturated rings. The van der Waals surface area contributed by atoms with E-state index in [1.54, 1.807) is 31.2 Å². The summed E-state index contributed by atoms with van der Waals surface area (Å²) in [6, 6.07) is 19.5. The van der Waals surface area contributed by atoms with Crippen molar-refractivity contribution < 1.29 is 9.59 Å². The molecule has 0 saturated carbocycles. The molecule has 0 radical (unpaired) electrons. The van der Waals surface area contributed by atoms with Crippen LogP contribution in [0.2, 0.25) is 0 Å². The monoisotopic (exact) mass is 399 g/mol. The molecular weight excluding hydrogens is 382 g/mol. The molecule has 8 nitrogen and oxygen atoms in total. The van der Waals surface area contributed by atoms with Gasteiger partial charge >= 0.3 is 6.03 Å². The van der Waals surface area contributed by atoms with Gasteiger partial charge in [-0.2, -0.15) is 4.68 Å². The summed E-state index contributed by atoms with van der Waals surface area (Å²) in [7, 11) is 0. The molecule has 5 rings (SSSR count). The van der Waals surface area contributed by atoms with E-state index < -0.39 is 23.0 Å². The fourth-order valence-electron chi connectivity index (χ4n) is 3.92. The highest BCUT2D eigenvalue weighted by Gasteiger charge is 2.49. The van der Waals surface area contributed by atoms with Crippen molar-refractivity contribution in [3.63, 3.8) is 0 Å². The second-order valence-electron chi connectivity index (χ2n) is 7.37. The van der Waals surface area contributed by atoms with Crippen molar-refractivity contribution in [2.45, 2.75) is 19.1 Å². The van der Waals surface area contributed by atoms with Crippen LogP contribution in [0.1, 0.15) is 12.5 Å². The van der Waals surface area contributed by atoms with Crippen molar-refractivity contribution in [1.82, 2.24) is 25.2 Å². The van der Waals surface area contributed by atoms with Crippen LogP contribution >= 0.6 is 0 Å². The van der Waals surface area contributed by atoms with E-state index >= 15 is 0 Å². The molecule has 2 heterocycles. The van der Waals surface area contributed by atoms with E-state index in [2.05, 4.69) is 15.6 Å². The summed E-state index contributed by atoms with van der Waals surface area (Å²) in [5, 5.41) is 12.9. The first-order chi connectivity index (χ1) is 14.5. The van der Waals surface area contributed by atoms with Gasteiger partial charge in [0.1, 0.15) is 17.7 Å². The third-order valence-electron chi connectivity index (χ3n) is 5.51. The summed E-state index contributed by atoms with van der Waals surface area (Å²) in [5.41, 5.74) is -0.527. The van der Waals surface area contributed by atoms with Gasteiger partial charge in [-0.1, -0.05) is 59.8 Å². The van der Waals surface area contributed by atoms with Crippen LogP contribution in [-0.4, -0.2) is 31.8 Å². The number of fused-ring (bicyclic) bond motifs is 2. The number of hydrogen-bond donors (Lipinski definition) is 1. The summed E-state index contributed by atoms with van der Waals surface area (Å²) in [4.78, 5) is 39.8. The molecule has 1 atom stereocenters. The number of benzene rings is 3. The third kappa shape index (κ3) is 2.57. The first-order valence-corrected chi connectivity index (χ1v) is 9.44. The van der Waals surface area contributed by atoms with E-state index in [0.29, 0.717) is 16.5 Å². The van der Waals surface area contributed by atoms with Gasteiger partial charge in [-0.15, -0.1) is 5.10 Å². The largest absolute Gasteiger partial charge is 0.326 e. The van der Waals surface area contributed by atoms with E-state index in [1.165, 1.54) is 0 Å². The normalized spacial score (nSPS) is 18.9. The average molecular weight is 399 g/mol. The number of urea groups is 1. The van der Waals surface area contributed by atoms with Gasteiger partial charge in [0.15, 0.2) is 0 Å². The van der Waals surface area contributed by atoms with Gasteiger partial charge in [0.25, 0.3) is 11.5 Å². The minimum atomic E-state index is -1.26. The number of hydrogen-bond acceptors (Lipinski definition) is 5. The zero-order chi connectivity index (χ0) is 20.9. The Labute approximate surface area is 170 Å². The van der Waals surface area contributed by atoms with Gasteiger partial charge in [0, 0.05) is 0 Å². The minimum absolute atomic E-state index is 0.318. The lowest BCUT2D eigenvalue weighted by Crippen LogP contribution is -2.42. The number of carbonyl (C=O) groups is 2. The smallest absolute Gasteiger partial charge is 0.319 e. The summed E-state index contributed by atoms with van der Waals surface area (Å²) >= 11 is 0.